The number of nitrogens with zero attached hydrogens (tertiary/aromatic N) is 1. The smallest absolute Gasteiger partial charge is 0.225 e. The van der Waals surface area contributed by atoms with Crippen LogP contribution in [0.3, 0.4) is 0 Å². The van der Waals surface area contributed by atoms with Gasteiger partial charge in [0.2, 0.25) is 5.91 Å². The van der Waals surface area contributed by atoms with Crippen molar-refractivity contribution in [3.63, 3.8) is 0 Å². The van der Waals surface area contributed by atoms with Gasteiger partial charge in [-0.15, -0.1) is 0 Å². The predicted octanol–water partition coefficient (Wildman–Crippen LogP) is 1.18. The summed E-state index contributed by atoms with van der Waals surface area (Å²) in [6, 6.07) is 0.338. The van der Waals surface area contributed by atoms with Gasteiger partial charge in [0.15, 0.2) is 0 Å². The molecule has 0 aromatic rings. The maximum Gasteiger partial charge on any atom is 0.225 e. The summed E-state index contributed by atoms with van der Waals surface area (Å²) >= 11 is 0. The van der Waals surface area contributed by atoms with Gasteiger partial charge in [-0.05, 0) is 12.8 Å². The summed E-state index contributed by atoms with van der Waals surface area (Å²) in [6.07, 6.45) is 6.26. The highest BCUT2D eigenvalue weighted by molar-refractivity contribution is 5.76. The van der Waals surface area contributed by atoms with Gasteiger partial charge in [-0.3, -0.25) is 4.79 Å². The third kappa shape index (κ3) is 4.10. The van der Waals surface area contributed by atoms with E-state index in [2.05, 4.69) is 0 Å². The lowest BCUT2D eigenvalue weighted by atomic mass is 9.94. The molecule has 0 heterocycles. The van der Waals surface area contributed by atoms with Crippen molar-refractivity contribution in [1.82, 2.24) is 4.90 Å². The number of ether oxygens (including phenoxy) is 1. The molecule has 0 aromatic heterocycles. The van der Waals surface area contributed by atoms with Crippen LogP contribution >= 0.6 is 0 Å². The van der Waals surface area contributed by atoms with Gasteiger partial charge in [-0.1, -0.05) is 19.3 Å². The number of hydrogen-bond donors (Lipinski definition) is 1. The molecule has 0 atom stereocenters. The molecule has 0 radical (unpaired) electrons. The minimum atomic E-state index is 0.0508. The fourth-order valence-electron chi connectivity index (χ4n) is 2.34. The van der Waals surface area contributed by atoms with Crippen LogP contribution in [-0.4, -0.2) is 48.8 Å². The number of methoxy groups -OCH3 is 1. The first-order valence-corrected chi connectivity index (χ1v) is 6.19. The van der Waals surface area contributed by atoms with Crippen LogP contribution in [0, 0.1) is 0 Å². The van der Waals surface area contributed by atoms with Gasteiger partial charge in [0.1, 0.15) is 0 Å². The predicted molar refractivity (Wildman–Crippen MR) is 62.2 cm³/mol. The molecule has 16 heavy (non-hydrogen) atoms. The molecule has 1 saturated carbocycles. The molecule has 4 heteroatoms. The van der Waals surface area contributed by atoms with Crippen LogP contribution in [-0.2, 0) is 9.53 Å². The zero-order valence-electron chi connectivity index (χ0n) is 10.2. The lowest BCUT2D eigenvalue weighted by Crippen LogP contribution is -2.43. The molecular formula is C12H23NO3. The molecule has 1 fully saturated rings. The Labute approximate surface area is 97.6 Å². The summed E-state index contributed by atoms with van der Waals surface area (Å²) in [6.45, 7) is 0.982. The SMILES string of the molecule is COCCC(=O)N(CCO)C1CCCCC1. The Morgan fingerprint density at radius 2 is 2.06 bits per heavy atom. The van der Waals surface area contributed by atoms with Crippen LogP contribution in [0.2, 0.25) is 0 Å². The van der Waals surface area contributed by atoms with Gasteiger partial charge in [0.25, 0.3) is 0 Å². The maximum atomic E-state index is 11.9. The highest BCUT2D eigenvalue weighted by Gasteiger charge is 2.24. The molecular weight excluding hydrogens is 206 g/mol. The molecule has 0 spiro atoms. The number of carbonyl (C=O) groups is 1. The number of aliphatic hydroxyl groups excluding tert-OH is 1. The van der Waals surface area contributed by atoms with Gasteiger partial charge in [0.05, 0.1) is 19.6 Å². The first-order chi connectivity index (χ1) is 7.79. The van der Waals surface area contributed by atoms with Crippen LogP contribution in [0.5, 0.6) is 0 Å². The maximum absolute atomic E-state index is 11.9. The van der Waals surface area contributed by atoms with Gasteiger partial charge >= 0.3 is 0 Å². The Morgan fingerprint density at radius 3 is 2.62 bits per heavy atom. The molecule has 1 amide bonds. The Balaban J connectivity index is 2.47. The number of rotatable bonds is 6. The first-order valence-electron chi connectivity index (χ1n) is 6.19. The van der Waals surface area contributed by atoms with E-state index in [0.717, 1.165) is 12.8 Å². The van der Waals surface area contributed by atoms with Crippen molar-refractivity contribution in [1.29, 1.82) is 0 Å². The topological polar surface area (TPSA) is 49.8 Å². The largest absolute Gasteiger partial charge is 0.395 e. The van der Waals surface area contributed by atoms with Gasteiger partial charge in [-0.25, -0.2) is 0 Å². The molecule has 94 valence electrons. The molecule has 1 aliphatic carbocycles. The molecule has 1 rings (SSSR count). The number of hydrogen-bond acceptors (Lipinski definition) is 3. The van der Waals surface area contributed by atoms with E-state index in [9.17, 15) is 4.79 Å². The van der Waals surface area contributed by atoms with E-state index in [1.165, 1.54) is 19.3 Å². The Morgan fingerprint density at radius 1 is 1.38 bits per heavy atom. The lowest BCUT2D eigenvalue weighted by molar-refractivity contribution is -0.135. The van der Waals surface area contributed by atoms with Crippen molar-refractivity contribution in [3.05, 3.63) is 0 Å². The zero-order chi connectivity index (χ0) is 11.8. The number of amides is 1. The second kappa shape index (κ2) is 7.63. The molecule has 0 aromatic carbocycles. The van der Waals surface area contributed by atoms with Gasteiger partial charge in [-0.2, -0.15) is 0 Å². The summed E-state index contributed by atoms with van der Waals surface area (Å²) in [7, 11) is 1.60. The van der Waals surface area contributed by atoms with E-state index in [-0.39, 0.29) is 12.5 Å². The van der Waals surface area contributed by atoms with Crippen molar-refractivity contribution in [3.8, 4) is 0 Å². The first kappa shape index (κ1) is 13.5. The summed E-state index contributed by atoms with van der Waals surface area (Å²) in [5, 5.41) is 9.02. The lowest BCUT2D eigenvalue weighted by Gasteiger charge is -2.34. The minimum Gasteiger partial charge on any atom is -0.395 e. The molecule has 0 aliphatic heterocycles. The van der Waals surface area contributed by atoms with Crippen LogP contribution in [0.25, 0.3) is 0 Å². The second-order valence-electron chi connectivity index (χ2n) is 4.35. The second-order valence-corrected chi connectivity index (χ2v) is 4.35. The highest BCUT2D eigenvalue weighted by Crippen LogP contribution is 2.22. The zero-order valence-corrected chi connectivity index (χ0v) is 10.2. The molecule has 4 nitrogen and oxygen atoms in total. The van der Waals surface area contributed by atoms with Crippen molar-refractivity contribution < 1.29 is 14.6 Å². The van der Waals surface area contributed by atoms with Crippen molar-refractivity contribution in [2.75, 3.05) is 26.9 Å². The average Bonchev–Trinajstić information content (AvgIpc) is 2.34. The van der Waals surface area contributed by atoms with E-state index in [1.807, 2.05) is 4.90 Å². The summed E-state index contributed by atoms with van der Waals surface area (Å²) in [4.78, 5) is 13.8. The van der Waals surface area contributed by atoms with E-state index in [4.69, 9.17) is 9.84 Å². The summed E-state index contributed by atoms with van der Waals surface area (Å²) in [5.74, 6) is 0.114. The molecule has 0 saturated heterocycles. The Bertz CT molecular complexity index is 202. The minimum absolute atomic E-state index is 0.0508. The standard InChI is InChI=1S/C12H23NO3/c1-16-10-7-12(15)13(8-9-14)11-5-3-2-4-6-11/h11,14H,2-10H2,1H3. The summed E-state index contributed by atoms with van der Waals surface area (Å²) in [5.41, 5.74) is 0. The third-order valence-electron chi connectivity index (χ3n) is 3.20. The van der Waals surface area contributed by atoms with E-state index in [1.54, 1.807) is 7.11 Å². The van der Waals surface area contributed by atoms with Crippen LogP contribution in [0.15, 0.2) is 0 Å². The quantitative estimate of drug-likeness (QED) is 0.744. The van der Waals surface area contributed by atoms with Crippen molar-refractivity contribution in [2.45, 2.75) is 44.6 Å². The van der Waals surface area contributed by atoms with E-state index in [0.29, 0.717) is 25.6 Å². The Hall–Kier alpha value is -0.610. The fraction of sp³-hybridized carbons (Fsp3) is 0.917. The van der Waals surface area contributed by atoms with E-state index >= 15 is 0 Å². The fourth-order valence-corrected chi connectivity index (χ4v) is 2.34. The average molecular weight is 229 g/mol. The van der Waals surface area contributed by atoms with E-state index < -0.39 is 0 Å². The summed E-state index contributed by atoms with van der Waals surface area (Å²) < 4.78 is 4.92. The molecule has 1 N–H and O–H groups in total. The van der Waals surface area contributed by atoms with Crippen molar-refractivity contribution in [2.24, 2.45) is 0 Å². The van der Waals surface area contributed by atoms with Gasteiger partial charge in [0, 0.05) is 19.7 Å². The molecule has 0 unspecified atom stereocenters. The van der Waals surface area contributed by atoms with Gasteiger partial charge < -0.3 is 14.7 Å². The monoisotopic (exact) mass is 229 g/mol. The van der Waals surface area contributed by atoms with Crippen LogP contribution in [0.4, 0.5) is 0 Å². The molecule has 1 aliphatic rings. The molecule has 0 bridgehead atoms. The number of carbonyl (C=O) groups excluding carboxylic acids is 1. The van der Waals surface area contributed by atoms with Crippen molar-refractivity contribution >= 4 is 5.91 Å². The normalized spacial score (nSPS) is 17.4. The number of aliphatic hydroxyl groups is 1. The third-order valence-corrected chi connectivity index (χ3v) is 3.20. The van der Waals surface area contributed by atoms with Crippen LogP contribution in [0.1, 0.15) is 38.5 Å². The highest BCUT2D eigenvalue weighted by atomic mass is 16.5. The van der Waals surface area contributed by atoms with Crippen LogP contribution < -0.4 is 0 Å². The Kier molecular flexibility index (Phi) is 6.42.